The lowest BCUT2D eigenvalue weighted by Crippen LogP contribution is -2.38. The molecule has 0 spiro atoms. The van der Waals surface area contributed by atoms with Gasteiger partial charge in [-0.3, -0.25) is 9.48 Å². The second-order valence-corrected chi connectivity index (χ2v) is 6.11. The fourth-order valence-electron chi connectivity index (χ4n) is 2.35. The van der Waals surface area contributed by atoms with Gasteiger partial charge in [0.2, 0.25) is 5.91 Å². The average Bonchev–Trinajstić information content (AvgIpc) is 3.05. The SMILES string of the molecule is CC(C)NC(=O)CCNC(=O)NCc1cccc(Cn2cccn2)c1. The van der Waals surface area contributed by atoms with Crippen molar-refractivity contribution in [3.63, 3.8) is 0 Å². The van der Waals surface area contributed by atoms with Crippen LogP contribution < -0.4 is 16.0 Å². The third kappa shape index (κ3) is 7.07. The molecule has 25 heavy (non-hydrogen) atoms. The maximum atomic E-state index is 11.8. The van der Waals surface area contributed by atoms with Gasteiger partial charge < -0.3 is 16.0 Å². The molecule has 0 atom stereocenters. The number of nitrogens with zero attached hydrogens (tertiary/aromatic N) is 2. The Balaban J connectivity index is 1.71. The van der Waals surface area contributed by atoms with Crippen LogP contribution in [0.1, 0.15) is 31.4 Å². The van der Waals surface area contributed by atoms with Gasteiger partial charge in [-0.25, -0.2) is 4.79 Å². The number of amides is 3. The first-order valence-corrected chi connectivity index (χ1v) is 8.39. The minimum Gasteiger partial charge on any atom is -0.354 e. The van der Waals surface area contributed by atoms with E-state index in [0.717, 1.165) is 11.1 Å². The number of rotatable bonds is 8. The third-order valence-electron chi connectivity index (χ3n) is 3.44. The van der Waals surface area contributed by atoms with Crippen molar-refractivity contribution in [1.29, 1.82) is 0 Å². The number of nitrogens with one attached hydrogen (secondary N) is 3. The highest BCUT2D eigenvalue weighted by Gasteiger charge is 2.05. The van der Waals surface area contributed by atoms with Gasteiger partial charge >= 0.3 is 6.03 Å². The summed E-state index contributed by atoms with van der Waals surface area (Å²) in [4.78, 5) is 23.3. The van der Waals surface area contributed by atoms with E-state index >= 15 is 0 Å². The highest BCUT2D eigenvalue weighted by molar-refractivity contribution is 5.78. The Morgan fingerprint density at radius 1 is 1.16 bits per heavy atom. The maximum absolute atomic E-state index is 11.8. The van der Waals surface area contributed by atoms with Gasteiger partial charge in [0.15, 0.2) is 0 Å². The maximum Gasteiger partial charge on any atom is 0.315 e. The molecule has 134 valence electrons. The number of hydrogen-bond donors (Lipinski definition) is 3. The molecular formula is C18H25N5O2. The van der Waals surface area contributed by atoms with Crippen LogP contribution in [0.4, 0.5) is 4.79 Å². The molecule has 0 aliphatic carbocycles. The molecule has 7 nitrogen and oxygen atoms in total. The zero-order valence-corrected chi connectivity index (χ0v) is 14.7. The van der Waals surface area contributed by atoms with E-state index in [2.05, 4.69) is 21.0 Å². The predicted octanol–water partition coefficient (Wildman–Crippen LogP) is 1.65. The lowest BCUT2D eigenvalue weighted by atomic mass is 10.1. The molecule has 1 aromatic carbocycles. The van der Waals surface area contributed by atoms with Crippen LogP contribution >= 0.6 is 0 Å². The minimum absolute atomic E-state index is 0.0679. The summed E-state index contributed by atoms with van der Waals surface area (Å²) >= 11 is 0. The molecule has 0 aliphatic heterocycles. The molecule has 2 aromatic rings. The quantitative estimate of drug-likeness (QED) is 0.681. The van der Waals surface area contributed by atoms with Crippen LogP contribution in [0, 0.1) is 0 Å². The molecular weight excluding hydrogens is 318 g/mol. The summed E-state index contributed by atoms with van der Waals surface area (Å²) in [5.41, 5.74) is 2.13. The Morgan fingerprint density at radius 2 is 1.96 bits per heavy atom. The van der Waals surface area contributed by atoms with Crippen LogP contribution in [-0.4, -0.2) is 34.3 Å². The molecule has 3 amide bonds. The van der Waals surface area contributed by atoms with E-state index in [-0.39, 0.29) is 24.4 Å². The Hall–Kier alpha value is -2.83. The normalized spacial score (nSPS) is 10.5. The van der Waals surface area contributed by atoms with Crippen molar-refractivity contribution in [2.45, 2.75) is 39.4 Å². The van der Waals surface area contributed by atoms with Gasteiger partial charge in [-0.05, 0) is 31.0 Å². The first kappa shape index (κ1) is 18.5. The molecule has 1 aromatic heterocycles. The topological polar surface area (TPSA) is 88.0 Å². The Morgan fingerprint density at radius 3 is 2.68 bits per heavy atom. The molecule has 0 unspecified atom stereocenters. The van der Waals surface area contributed by atoms with E-state index < -0.39 is 0 Å². The fraction of sp³-hybridized carbons (Fsp3) is 0.389. The van der Waals surface area contributed by atoms with Crippen molar-refractivity contribution in [3.05, 3.63) is 53.9 Å². The highest BCUT2D eigenvalue weighted by atomic mass is 16.2. The Bertz CT molecular complexity index is 683. The van der Waals surface area contributed by atoms with E-state index in [4.69, 9.17) is 0 Å². The van der Waals surface area contributed by atoms with Gasteiger partial charge in [0.25, 0.3) is 0 Å². The molecule has 0 fully saturated rings. The van der Waals surface area contributed by atoms with Crippen LogP contribution in [0.5, 0.6) is 0 Å². The third-order valence-corrected chi connectivity index (χ3v) is 3.44. The highest BCUT2D eigenvalue weighted by Crippen LogP contribution is 2.06. The van der Waals surface area contributed by atoms with Crippen molar-refractivity contribution in [2.75, 3.05) is 6.54 Å². The first-order valence-electron chi connectivity index (χ1n) is 8.39. The molecule has 7 heteroatoms. The number of aromatic nitrogens is 2. The van der Waals surface area contributed by atoms with Gasteiger partial charge in [0.05, 0.1) is 6.54 Å². The Labute approximate surface area is 147 Å². The van der Waals surface area contributed by atoms with Crippen molar-refractivity contribution >= 4 is 11.9 Å². The van der Waals surface area contributed by atoms with E-state index in [1.165, 1.54) is 0 Å². The van der Waals surface area contributed by atoms with Gasteiger partial charge in [0.1, 0.15) is 0 Å². The molecule has 0 saturated carbocycles. The van der Waals surface area contributed by atoms with E-state index in [9.17, 15) is 9.59 Å². The van der Waals surface area contributed by atoms with Crippen LogP contribution in [0.3, 0.4) is 0 Å². The lowest BCUT2D eigenvalue weighted by molar-refractivity contribution is -0.121. The molecule has 0 saturated heterocycles. The van der Waals surface area contributed by atoms with Crippen molar-refractivity contribution in [2.24, 2.45) is 0 Å². The zero-order valence-electron chi connectivity index (χ0n) is 14.7. The van der Waals surface area contributed by atoms with Gasteiger partial charge in [-0.1, -0.05) is 24.3 Å². The van der Waals surface area contributed by atoms with Crippen molar-refractivity contribution in [1.82, 2.24) is 25.7 Å². The summed E-state index contributed by atoms with van der Waals surface area (Å²) in [6, 6.07) is 9.70. The zero-order chi connectivity index (χ0) is 18.1. The lowest BCUT2D eigenvalue weighted by Gasteiger charge is -2.10. The average molecular weight is 343 g/mol. The second-order valence-electron chi connectivity index (χ2n) is 6.11. The van der Waals surface area contributed by atoms with Gasteiger partial charge in [0, 0.05) is 37.9 Å². The van der Waals surface area contributed by atoms with E-state index in [1.807, 2.05) is 55.1 Å². The number of benzene rings is 1. The summed E-state index contributed by atoms with van der Waals surface area (Å²) in [6.07, 6.45) is 3.93. The molecule has 0 bridgehead atoms. The standard InChI is InChI=1S/C18H25N5O2/c1-14(2)22-17(24)7-9-19-18(25)20-12-15-5-3-6-16(11-15)13-23-10-4-8-21-23/h3-6,8,10-11,14H,7,9,12-13H2,1-2H3,(H,22,24)(H2,19,20,25). The predicted molar refractivity (Wildman–Crippen MR) is 95.9 cm³/mol. The number of urea groups is 1. The molecule has 1 heterocycles. The summed E-state index contributed by atoms with van der Waals surface area (Å²) in [6.45, 7) is 5.23. The van der Waals surface area contributed by atoms with Gasteiger partial charge in [-0.15, -0.1) is 0 Å². The van der Waals surface area contributed by atoms with Gasteiger partial charge in [-0.2, -0.15) is 5.10 Å². The summed E-state index contributed by atoms with van der Waals surface area (Å²) < 4.78 is 1.85. The number of hydrogen-bond acceptors (Lipinski definition) is 3. The van der Waals surface area contributed by atoms with Crippen LogP contribution in [0.2, 0.25) is 0 Å². The summed E-state index contributed by atoms with van der Waals surface area (Å²) in [5.74, 6) is -0.0679. The van der Waals surface area contributed by atoms with Crippen molar-refractivity contribution in [3.8, 4) is 0 Å². The minimum atomic E-state index is -0.283. The van der Waals surface area contributed by atoms with E-state index in [1.54, 1.807) is 6.20 Å². The van der Waals surface area contributed by atoms with Crippen LogP contribution in [0.15, 0.2) is 42.7 Å². The number of carbonyl (C=O) groups excluding carboxylic acids is 2. The summed E-state index contributed by atoms with van der Waals surface area (Å²) in [5, 5.41) is 12.4. The molecule has 0 aliphatic rings. The van der Waals surface area contributed by atoms with Crippen molar-refractivity contribution < 1.29 is 9.59 Å². The van der Waals surface area contributed by atoms with E-state index in [0.29, 0.717) is 19.6 Å². The molecule has 0 radical (unpaired) electrons. The first-order chi connectivity index (χ1) is 12.0. The van der Waals surface area contributed by atoms with Crippen LogP contribution in [-0.2, 0) is 17.9 Å². The largest absolute Gasteiger partial charge is 0.354 e. The monoisotopic (exact) mass is 343 g/mol. The Kier molecular flexibility index (Phi) is 7.00. The van der Waals surface area contributed by atoms with Crippen LogP contribution in [0.25, 0.3) is 0 Å². The second kappa shape index (κ2) is 9.46. The number of carbonyl (C=O) groups is 2. The fourth-order valence-corrected chi connectivity index (χ4v) is 2.35. The molecule has 2 rings (SSSR count). The molecule has 3 N–H and O–H groups in total. The smallest absolute Gasteiger partial charge is 0.315 e. The summed E-state index contributed by atoms with van der Waals surface area (Å²) in [7, 11) is 0.